The third-order valence-electron chi connectivity index (χ3n) is 2.90. The van der Waals surface area contributed by atoms with Gasteiger partial charge in [0.05, 0.1) is 11.7 Å². The van der Waals surface area contributed by atoms with Crippen molar-refractivity contribution in [2.24, 2.45) is 0 Å². The van der Waals surface area contributed by atoms with Gasteiger partial charge in [-0.15, -0.1) is 0 Å². The highest BCUT2D eigenvalue weighted by molar-refractivity contribution is 5.86. The van der Waals surface area contributed by atoms with Crippen LogP contribution in [0.5, 0.6) is 0 Å². The normalized spacial score (nSPS) is 13.6. The van der Waals surface area contributed by atoms with Gasteiger partial charge < -0.3 is 9.84 Å². The standard InChI is InChI=1S/C16H22F3NO3/c1-10(21)5-6-11-7-8-12(16(17,18)19)9-13(11)20-14(22)23-15(2,3)4/h7-10,21H,5-6H2,1-4H3,(H,20,22)/t10-/m1/s1. The summed E-state index contributed by atoms with van der Waals surface area (Å²) in [6, 6.07) is 3.14. The third-order valence-corrected chi connectivity index (χ3v) is 2.90. The Hall–Kier alpha value is -1.76. The van der Waals surface area contributed by atoms with E-state index in [-0.39, 0.29) is 5.69 Å². The average Bonchev–Trinajstić information content (AvgIpc) is 2.33. The molecule has 1 rings (SSSR count). The van der Waals surface area contributed by atoms with Crippen LogP contribution in [-0.2, 0) is 17.3 Å². The molecule has 0 unspecified atom stereocenters. The van der Waals surface area contributed by atoms with Crippen LogP contribution >= 0.6 is 0 Å². The molecule has 0 bridgehead atoms. The number of aryl methyl sites for hydroxylation is 1. The summed E-state index contributed by atoms with van der Waals surface area (Å²) in [5, 5.41) is 11.7. The predicted octanol–water partition coefficient (Wildman–Crippen LogP) is 4.37. The van der Waals surface area contributed by atoms with Crippen LogP contribution in [0.1, 0.15) is 45.2 Å². The summed E-state index contributed by atoms with van der Waals surface area (Å²) in [5.74, 6) is 0. The quantitative estimate of drug-likeness (QED) is 0.860. The van der Waals surface area contributed by atoms with Crippen molar-refractivity contribution in [3.05, 3.63) is 29.3 Å². The van der Waals surface area contributed by atoms with Crippen LogP contribution in [0.3, 0.4) is 0 Å². The van der Waals surface area contributed by atoms with Gasteiger partial charge >= 0.3 is 12.3 Å². The van der Waals surface area contributed by atoms with Gasteiger partial charge in [0, 0.05) is 5.69 Å². The molecule has 0 heterocycles. The fourth-order valence-corrected chi connectivity index (χ4v) is 1.87. The molecule has 0 aromatic heterocycles. The summed E-state index contributed by atoms with van der Waals surface area (Å²) in [6.45, 7) is 6.57. The lowest BCUT2D eigenvalue weighted by molar-refractivity contribution is -0.137. The smallest absolute Gasteiger partial charge is 0.416 e. The number of alkyl halides is 3. The number of aliphatic hydroxyl groups excluding tert-OH is 1. The van der Waals surface area contributed by atoms with Gasteiger partial charge in [-0.1, -0.05) is 6.07 Å². The fourth-order valence-electron chi connectivity index (χ4n) is 1.87. The van der Waals surface area contributed by atoms with E-state index in [1.54, 1.807) is 27.7 Å². The molecule has 0 aliphatic heterocycles. The van der Waals surface area contributed by atoms with Gasteiger partial charge in [-0.05, 0) is 58.2 Å². The van der Waals surface area contributed by atoms with Crippen LogP contribution in [-0.4, -0.2) is 22.9 Å². The van der Waals surface area contributed by atoms with Crippen molar-refractivity contribution in [3.63, 3.8) is 0 Å². The Labute approximate surface area is 133 Å². The second-order valence-corrected chi connectivity index (χ2v) is 6.38. The molecular formula is C16H22F3NO3. The van der Waals surface area contributed by atoms with E-state index in [9.17, 15) is 23.1 Å². The van der Waals surface area contributed by atoms with Gasteiger partial charge in [-0.2, -0.15) is 13.2 Å². The summed E-state index contributed by atoms with van der Waals surface area (Å²) in [7, 11) is 0. The van der Waals surface area contributed by atoms with Crippen molar-refractivity contribution in [1.82, 2.24) is 0 Å². The summed E-state index contributed by atoms with van der Waals surface area (Å²) < 4.78 is 43.6. The van der Waals surface area contributed by atoms with E-state index in [0.29, 0.717) is 18.4 Å². The Morgan fingerprint density at radius 3 is 2.39 bits per heavy atom. The molecule has 0 aliphatic rings. The maximum Gasteiger partial charge on any atom is 0.416 e. The molecule has 0 saturated heterocycles. The van der Waals surface area contributed by atoms with E-state index in [2.05, 4.69) is 5.32 Å². The number of halogens is 3. The lowest BCUT2D eigenvalue weighted by Crippen LogP contribution is -2.27. The number of anilines is 1. The van der Waals surface area contributed by atoms with Crippen molar-refractivity contribution < 1.29 is 27.8 Å². The number of carbonyl (C=O) groups is 1. The average molecular weight is 333 g/mol. The van der Waals surface area contributed by atoms with E-state index < -0.39 is 29.5 Å². The molecule has 0 spiro atoms. The number of benzene rings is 1. The Kier molecular flexibility index (Phi) is 6.04. The largest absolute Gasteiger partial charge is 0.444 e. The molecule has 23 heavy (non-hydrogen) atoms. The zero-order valence-electron chi connectivity index (χ0n) is 13.6. The molecule has 130 valence electrons. The topological polar surface area (TPSA) is 58.6 Å². The van der Waals surface area contributed by atoms with Crippen LogP contribution in [0.4, 0.5) is 23.7 Å². The third kappa shape index (κ3) is 6.90. The van der Waals surface area contributed by atoms with Crippen LogP contribution in [0.15, 0.2) is 18.2 Å². The molecule has 1 aromatic rings. The van der Waals surface area contributed by atoms with Crippen molar-refractivity contribution in [1.29, 1.82) is 0 Å². The summed E-state index contributed by atoms with van der Waals surface area (Å²) >= 11 is 0. The molecule has 0 radical (unpaired) electrons. The minimum Gasteiger partial charge on any atom is -0.444 e. The van der Waals surface area contributed by atoms with E-state index in [1.165, 1.54) is 6.07 Å². The number of hydrogen-bond donors (Lipinski definition) is 2. The van der Waals surface area contributed by atoms with Crippen LogP contribution in [0.2, 0.25) is 0 Å². The van der Waals surface area contributed by atoms with E-state index >= 15 is 0 Å². The zero-order chi connectivity index (χ0) is 17.8. The van der Waals surface area contributed by atoms with E-state index in [0.717, 1.165) is 12.1 Å². The lowest BCUT2D eigenvalue weighted by Gasteiger charge is -2.21. The Morgan fingerprint density at radius 2 is 1.91 bits per heavy atom. The van der Waals surface area contributed by atoms with Gasteiger partial charge in [0.1, 0.15) is 5.60 Å². The number of rotatable bonds is 4. The molecule has 0 aliphatic carbocycles. The molecule has 1 amide bonds. The number of amides is 1. The Balaban J connectivity index is 3.05. The number of aliphatic hydroxyl groups is 1. The van der Waals surface area contributed by atoms with Crippen LogP contribution in [0, 0.1) is 0 Å². The Bertz CT molecular complexity index is 548. The first-order chi connectivity index (χ1) is 10.4. The van der Waals surface area contributed by atoms with Gasteiger partial charge in [0.2, 0.25) is 0 Å². The van der Waals surface area contributed by atoms with Crippen molar-refractivity contribution in [3.8, 4) is 0 Å². The number of ether oxygens (including phenoxy) is 1. The molecule has 1 aromatic carbocycles. The van der Waals surface area contributed by atoms with Gasteiger partial charge in [-0.25, -0.2) is 4.79 Å². The van der Waals surface area contributed by atoms with Gasteiger partial charge in [0.25, 0.3) is 0 Å². The molecule has 1 atom stereocenters. The second-order valence-electron chi connectivity index (χ2n) is 6.38. The summed E-state index contributed by atoms with van der Waals surface area (Å²) in [6.07, 6.45) is -5.22. The fraction of sp³-hybridized carbons (Fsp3) is 0.562. The minimum atomic E-state index is -4.51. The monoisotopic (exact) mass is 333 g/mol. The Morgan fingerprint density at radius 1 is 1.30 bits per heavy atom. The van der Waals surface area contributed by atoms with Gasteiger partial charge in [0.15, 0.2) is 0 Å². The van der Waals surface area contributed by atoms with Crippen molar-refractivity contribution in [2.45, 2.75) is 58.4 Å². The summed E-state index contributed by atoms with van der Waals surface area (Å²) in [5.41, 5.74) is -1.07. The highest BCUT2D eigenvalue weighted by Gasteiger charge is 2.31. The molecule has 2 N–H and O–H groups in total. The summed E-state index contributed by atoms with van der Waals surface area (Å²) in [4.78, 5) is 11.8. The predicted molar refractivity (Wildman–Crippen MR) is 81.3 cm³/mol. The van der Waals surface area contributed by atoms with E-state index in [4.69, 9.17) is 4.74 Å². The SMILES string of the molecule is C[C@@H](O)CCc1ccc(C(F)(F)F)cc1NC(=O)OC(C)(C)C. The maximum atomic E-state index is 12.8. The van der Waals surface area contributed by atoms with Crippen molar-refractivity contribution in [2.75, 3.05) is 5.32 Å². The van der Waals surface area contributed by atoms with Gasteiger partial charge in [-0.3, -0.25) is 5.32 Å². The zero-order valence-corrected chi connectivity index (χ0v) is 13.6. The number of hydrogen-bond acceptors (Lipinski definition) is 3. The first kappa shape index (κ1) is 19.3. The van der Waals surface area contributed by atoms with E-state index in [1.807, 2.05) is 0 Å². The minimum absolute atomic E-state index is 0.0368. The molecular weight excluding hydrogens is 311 g/mol. The number of carbonyl (C=O) groups excluding carboxylic acids is 1. The lowest BCUT2D eigenvalue weighted by atomic mass is 10.0. The first-order valence-electron chi connectivity index (χ1n) is 7.26. The first-order valence-corrected chi connectivity index (χ1v) is 7.26. The maximum absolute atomic E-state index is 12.8. The molecule has 7 heteroatoms. The molecule has 4 nitrogen and oxygen atoms in total. The second kappa shape index (κ2) is 7.21. The molecule has 0 fully saturated rings. The van der Waals surface area contributed by atoms with Crippen molar-refractivity contribution >= 4 is 11.8 Å². The number of nitrogens with one attached hydrogen (secondary N) is 1. The highest BCUT2D eigenvalue weighted by atomic mass is 19.4. The van der Waals surface area contributed by atoms with Crippen LogP contribution in [0.25, 0.3) is 0 Å². The highest BCUT2D eigenvalue weighted by Crippen LogP contribution is 2.33. The molecule has 0 saturated carbocycles. The van der Waals surface area contributed by atoms with Crippen LogP contribution < -0.4 is 5.32 Å².